The summed E-state index contributed by atoms with van der Waals surface area (Å²) in [5, 5.41) is 8.81. The van der Waals surface area contributed by atoms with Gasteiger partial charge in [-0.2, -0.15) is 0 Å². The third-order valence-corrected chi connectivity index (χ3v) is 3.32. The van der Waals surface area contributed by atoms with Crippen LogP contribution in [0.3, 0.4) is 0 Å². The molecule has 0 amide bonds. The second-order valence-electron chi connectivity index (χ2n) is 4.21. The van der Waals surface area contributed by atoms with Gasteiger partial charge in [-0.25, -0.2) is 0 Å². The van der Waals surface area contributed by atoms with E-state index in [9.17, 15) is 14.4 Å². The first kappa shape index (κ1) is 9.53. The lowest BCUT2D eigenvalue weighted by atomic mass is 9.75. The van der Waals surface area contributed by atoms with Gasteiger partial charge in [0, 0.05) is 0 Å². The zero-order valence-corrected chi connectivity index (χ0v) is 8.08. The van der Waals surface area contributed by atoms with Gasteiger partial charge in [0.15, 0.2) is 0 Å². The number of carbonyl (C=O) groups excluding carboxylic acids is 2. The fourth-order valence-corrected chi connectivity index (χ4v) is 2.75. The van der Waals surface area contributed by atoms with Gasteiger partial charge in [-0.05, 0) is 0 Å². The molecule has 3 heterocycles. The fraction of sp³-hybridized carbons (Fsp3) is 0.500. The number of carboxylic acids is 1. The highest BCUT2D eigenvalue weighted by molar-refractivity contribution is 5.99. The van der Waals surface area contributed by atoms with E-state index in [2.05, 4.69) is 4.74 Å². The molecule has 3 aliphatic heterocycles. The number of aliphatic carboxylic acids is 1. The Morgan fingerprint density at radius 2 is 2.19 bits per heavy atom. The molecule has 0 saturated carbocycles. The molecule has 4 unspecified atom stereocenters. The Morgan fingerprint density at radius 1 is 1.44 bits per heavy atom. The third-order valence-electron chi connectivity index (χ3n) is 3.32. The van der Waals surface area contributed by atoms with Crippen LogP contribution in [0.4, 0.5) is 0 Å². The lowest BCUT2D eigenvalue weighted by Crippen LogP contribution is -2.39. The molecular weight excluding hydrogens is 216 g/mol. The molecule has 1 N–H and O–H groups in total. The lowest BCUT2D eigenvalue weighted by molar-refractivity contribution is -0.159. The molecular formula is C10H8O6. The van der Waals surface area contributed by atoms with Crippen LogP contribution in [0.25, 0.3) is 0 Å². The Hall–Kier alpha value is -1.69. The SMILES string of the molecule is O=C(O)CC12C=CC(O1)C1C(=O)OC(=O)C12. The maximum atomic E-state index is 11.5. The van der Waals surface area contributed by atoms with Crippen LogP contribution >= 0.6 is 0 Å². The predicted molar refractivity (Wildman–Crippen MR) is 47.1 cm³/mol. The third kappa shape index (κ3) is 0.969. The number of carbonyl (C=O) groups is 3. The zero-order chi connectivity index (χ0) is 11.5. The summed E-state index contributed by atoms with van der Waals surface area (Å²) < 4.78 is 9.99. The summed E-state index contributed by atoms with van der Waals surface area (Å²) in [5.41, 5.74) is -1.19. The molecule has 84 valence electrons. The highest BCUT2D eigenvalue weighted by Gasteiger charge is 2.67. The first-order chi connectivity index (χ1) is 7.53. The van der Waals surface area contributed by atoms with E-state index in [4.69, 9.17) is 9.84 Å². The van der Waals surface area contributed by atoms with Crippen molar-refractivity contribution in [3.05, 3.63) is 12.2 Å². The minimum Gasteiger partial charge on any atom is -0.481 e. The second-order valence-corrected chi connectivity index (χ2v) is 4.21. The Bertz CT molecular complexity index is 439. The van der Waals surface area contributed by atoms with Gasteiger partial charge < -0.3 is 14.6 Å². The molecule has 2 fully saturated rings. The Kier molecular flexibility index (Phi) is 1.61. The molecule has 3 aliphatic rings. The van der Waals surface area contributed by atoms with Gasteiger partial charge in [0.2, 0.25) is 0 Å². The molecule has 16 heavy (non-hydrogen) atoms. The van der Waals surface area contributed by atoms with Gasteiger partial charge in [0.05, 0.1) is 12.5 Å². The van der Waals surface area contributed by atoms with E-state index in [-0.39, 0.29) is 6.42 Å². The molecule has 0 aromatic rings. The van der Waals surface area contributed by atoms with Crippen molar-refractivity contribution < 1.29 is 29.0 Å². The van der Waals surface area contributed by atoms with Gasteiger partial charge in [0.25, 0.3) is 0 Å². The number of hydrogen-bond donors (Lipinski definition) is 1. The van der Waals surface area contributed by atoms with Crippen LogP contribution in [0.2, 0.25) is 0 Å². The molecule has 0 spiro atoms. The monoisotopic (exact) mass is 224 g/mol. The van der Waals surface area contributed by atoms with E-state index in [1.54, 1.807) is 12.2 Å². The largest absolute Gasteiger partial charge is 0.481 e. The van der Waals surface area contributed by atoms with Gasteiger partial charge >= 0.3 is 17.9 Å². The lowest BCUT2D eigenvalue weighted by Gasteiger charge is -2.24. The van der Waals surface area contributed by atoms with Crippen molar-refractivity contribution in [1.82, 2.24) is 0 Å². The average Bonchev–Trinajstić information content (AvgIpc) is 2.77. The first-order valence-electron chi connectivity index (χ1n) is 4.88. The van der Waals surface area contributed by atoms with Gasteiger partial charge in [-0.1, -0.05) is 12.2 Å². The second kappa shape index (κ2) is 2.70. The maximum Gasteiger partial charge on any atom is 0.320 e. The Morgan fingerprint density at radius 3 is 2.88 bits per heavy atom. The summed E-state index contributed by atoms with van der Waals surface area (Å²) in [4.78, 5) is 33.6. The molecule has 6 nitrogen and oxygen atoms in total. The predicted octanol–water partition coefficient (Wildman–Crippen LogP) is -0.516. The maximum absolute atomic E-state index is 11.5. The van der Waals surface area contributed by atoms with E-state index in [0.29, 0.717) is 0 Å². The first-order valence-corrected chi connectivity index (χ1v) is 4.88. The van der Waals surface area contributed by atoms with Crippen LogP contribution in [-0.2, 0) is 23.9 Å². The molecule has 3 rings (SSSR count). The molecule has 0 radical (unpaired) electrons. The minimum absolute atomic E-state index is 0.330. The normalized spacial score (nSPS) is 43.6. The van der Waals surface area contributed by atoms with Crippen LogP contribution in [0.5, 0.6) is 0 Å². The Balaban J connectivity index is 2.03. The van der Waals surface area contributed by atoms with Crippen molar-refractivity contribution in [3.63, 3.8) is 0 Å². The van der Waals surface area contributed by atoms with Crippen molar-refractivity contribution >= 4 is 17.9 Å². The number of cyclic esters (lactones) is 2. The number of carboxylic acid groups (broad SMARTS) is 1. The van der Waals surface area contributed by atoms with E-state index >= 15 is 0 Å². The Labute approximate surface area is 89.8 Å². The van der Waals surface area contributed by atoms with E-state index in [0.717, 1.165) is 0 Å². The molecule has 0 aromatic carbocycles. The fourth-order valence-electron chi connectivity index (χ4n) is 2.75. The molecule has 0 aromatic heterocycles. The van der Waals surface area contributed by atoms with Crippen molar-refractivity contribution in [2.24, 2.45) is 11.8 Å². The molecule has 2 bridgehead atoms. The van der Waals surface area contributed by atoms with Crippen molar-refractivity contribution in [3.8, 4) is 0 Å². The van der Waals surface area contributed by atoms with Gasteiger partial charge in [-0.3, -0.25) is 14.4 Å². The molecule has 4 atom stereocenters. The standard InChI is InChI=1S/C10H8O6/c11-5(12)3-10-2-1-4(16-10)6-7(10)9(14)15-8(6)13/h1-2,4,6-7H,3H2,(H,11,12). The summed E-state index contributed by atoms with van der Waals surface area (Å²) >= 11 is 0. The highest BCUT2D eigenvalue weighted by atomic mass is 16.6. The smallest absolute Gasteiger partial charge is 0.320 e. The number of fused-ring (bicyclic) bond motifs is 5. The van der Waals surface area contributed by atoms with E-state index < -0.39 is 41.4 Å². The van der Waals surface area contributed by atoms with Crippen molar-refractivity contribution in [1.29, 1.82) is 0 Å². The zero-order valence-electron chi connectivity index (χ0n) is 8.08. The summed E-state index contributed by atoms with van der Waals surface area (Å²) in [5.74, 6) is -3.83. The number of hydrogen-bond acceptors (Lipinski definition) is 5. The summed E-state index contributed by atoms with van der Waals surface area (Å²) in [6.45, 7) is 0. The summed E-state index contributed by atoms with van der Waals surface area (Å²) in [6.07, 6.45) is 2.34. The van der Waals surface area contributed by atoms with Gasteiger partial charge in [0.1, 0.15) is 17.4 Å². The number of esters is 2. The topological polar surface area (TPSA) is 89.9 Å². The number of ether oxygens (including phenoxy) is 2. The van der Waals surface area contributed by atoms with E-state index in [1.165, 1.54) is 0 Å². The van der Waals surface area contributed by atoms with Crippen molar-refractivity contribution in [2.45, 2.75) is 18.1 Å². The summed E-state index contributed by atoms with van der Waals surface area (Å²) in [6, 6.07) is 0. The average molecular weight is 224 g/mol. The summed E-state index contributed by atoms with van der Waals surface area (Å²) in [7, 11) is 0. The molecule has 2 saturated heterocycles. The van der Waals surface area contributed by atoms with Crippen LogP contribution in [0, 0.1) is 11.8 Å². The molecule has 0 aliphatic carbocycles. The van der Waals surface area contributed by atoms with Crippen LogP contribution in [-0.4, -0.2) is 34.7 Å². The van der Waals surface area contributed by atoms with Crippen LogP contribution in [0.15, 0.2) is 12.2 Å². The highest BCUT2D eigenvalue weighted by Crippen LogP contribution is 2.52. The van der Waals surface area contributed by atoms with Crippen LogP contribution in [0.1, 0.15) is 6.42 Å². The quantitative estimate of drug-likeness (QED) is 0.386. The van der Waals surface area contributed by atoms with Crippen LogP contribution < -0.4 is 0 Å². The van der Waals surface area contributed by atoms with Gasteiger partial charge in [-0.15, -0.1) is 0 Å². The van der Waals surface area contributed by atoms with E-state index in [1.807, 2.05) is 0 Å². The van der Waals surface area contributed by atoms with Crippen molar-refractivity contribution in [2.75, 3.05) is 0 Å². The minimum atomic E-state index is -1.19. The number of rotatable bonds is 2. The molecule has 6 heteroatoms.